The summed E-state index contributed by atoms with van der Waals surface area (Å²) < 4.78 is 66.6. The fourth-order valence-electron chi connectivity index (χ4n) is 2.70. The molecule has 1 aromatic rings. The van der Waals surface area contributed by atoms with Gasteiger partial charge in [0.2, 0.25) is 17.5 Å². The van der Waals surface area contributed by atoms with Gasteiger partial charge in [0, 0.05) is 13.0 Å². The van der Waals surface area contributed by atoms with Gasteiger partial charge in [0.15, 0.2) is 11.6 Å². The van der Waals surface area contributed by atoms with Crippen molar-refractivity contribution in [2.45, 2.75) is 47.0 Å². The Kier molecular flexibility index (Phi) is 15.3. The highest BCUT2D eigenvalue weighted by Crippen LogP contribution is 2.27. The molecule has 0 fully saturated rings. The van der Waals surface area contributed by atoms with Crippen LogP contribution in [0.2, 0.25) is 0 Å². The van der Waals surface area contributed by atoms with E-state index in [1.165, 1.54) is 6.92 Å². The Bertz CT molecular complexity index is 790. The first-order chi connectivity index (χ1) is 17.0. The summed E-state index contributed by atoms with van der Waals surface area (Å²) >= 11 is 0. The summed E-state index contributed by atoms with van der Waals surface area (Å²) in [5.74, 6) is -6.01. The Balaban J connectivity index is 1.93. The molecule has 0 aliphatic carbocycles. The number of aryl methyl sites for hydroxylation is 1. The number of halogens is 3. The van der Waals surface area contributed by atoms with Crippen molar-refractivity contribution in [2.24, 2.45) is 5.41 Å². The highest BCUT2D eigenvalue weighted by Gasteiger charge is 2.21. The number of ether oxygens (including phenoxy) is 5. The molecule has 1 amide bonds. The molecule has 36 heavy (non-hydrogen) atoms. The van der Waals surface area contributed by atoms with E-state index in [1.54, 1.807) is 0 Å². The maximum Gasteiger partial charge on any atom is 0.313 e. The van der Waals surface area contributed by atoms with Crippen LogP contribution >= 0.6 is 0 Å². The van der Waals surface area contributed by atoms with Crippen molar-refractivity contribution in [3.8, 4) is 5.75 Å². The SMILES string of the molecule is Cc1cc(F)c(F)c(OC(=O)CCOCCOCCOCCOCCC(=O)NCCC(C)(C)C)c1F. The summed E-state index contributed by atoms with van der Waals surface area (Å²) in [4.78, 5) is 23.4. The number of nitrogens with one attached hydrogen (secondary N) is 1. The maximum atomic E-state index is 13.8. The Morgan fingerprint density at radius 1 is 0.806 bits per heavy atom. The monoisotopic (exact) mass is 521 g/mol. The number of rotatable bonds is 18. The van der Waals surface area contributed by atoms with E-state index in [1.807, 2.05) is 0 Å². The molecule has 0 spiro atoms. The molecule has 8 nitrogen and oxygen atoms in total. The number of esters is 1. The quantitative estimate of drug-likeness (QED) is 0.136. The minimum absolute atomic E-state index is 0.0304. The van der Waals surface area contributed by atoms with Gasteiger partial charge in [-0.1, -0.05) is 20.8 Å². The van der Waals surface area contributed by atoms with Crippen LogP contribution in [0.4, 0.5) is 13.2 Å². The molecule has 0 aliphatic heterocycles. The zero-order chi connectivity index (χ0) is 27.0. The molecule has 0 aliphatic rings. The third-order valence-electron chi connectivity index (χ3n) is 4.75. The molecule has 0 radical (unpaired) electrons. The van der Waals surface area contributed by atoms with E-state index < -0.39 is 29.2 Å². The molecule has 0 saturated carbocycles. The van der Waals surface area contributed by atoms with Gasteiger partial charge in [0.1, 0.15) is 0 Å². The lowest BCUT2D eigenvalue weighted by Gasteiger charge is -2.17. The maximum absolute atomic E-state index is 13.8. The van der Waals surface area contributed by atoms with Crippen molar-refractivity contribution in [3.63, 3.8) is 0 Å². The Morgan fingerprint density at radius 2 is 1.31 bits per heavy atom. The zero-order valence-corrected chi connectivity index (χ0v) is 21.6. The predicted molar refractivity (Wildman–Crippen MR) is 126 cm³/mol. The molecule has 0 aromatic heterocycles. The van der Waals surface area contributed by atoms with Crippen LogP contribution in [0.1, 0.15) is 45.6 Å². The van der Waals surface area contributed by atoms with Gasteiger partial charge in [0.05, 0.1) is 59.3 Å². The smallest absolute Gasteiger partial charge is 0.313 e. The van der Waals surface area contributed by atoms with Gasteiger partial charge in [0.25, 0.3) is 0 Å². The van der Waals surface area contributed by atoms with Crippen LogP contribution in [0.15, 0.2) is 6.07 Å². The normalized spacial score (nSPS) is 11.5. The summed E-state index contributed by atoms with van der Waals surface area (Å²) in [6.45, 7) is 10.4. The first-order valence-electron chi connectivity index (χ1n) is 11.9. The average molecular weight is 522 g/mol. The summed E-state index contributed by atoms with van der Waals surface area (Å²) in [7, 11) is 0. The summed E-state index contributed by atoms with van der Waals surface area (Å²) in [6.07, 6.45) is 0.956. The van der Waals surface area contributed by atoms with Gasteiger partial charge >= 0.3 is 5.97 Å². The minimum Gasteiger partial charge on any atom is -0.420 e. The second kappa shape index (κ2) is 17.3. The Morgan fingerprint density at radius 3 is 1.83 bits per heavy atom. The zero-order valence-electron chi connectivity index (χ0n) is 21.6. The van der Waals surface area contributed by atoms with Crippen molar-refractivity contribution in [2.75, 3.05) is 59.4 Å². The molecule has 0 atom stereocenters. The molecule has 0 saturated heterocycles. The Labute approximate surface area is 210 Å². The van der Waals surface area contributed by atoms with Crippen LogP contribution in [-0.4, -0.2) is 71.3 Å². The molecule has 0 unspecified atom stereocenters. The van der Waals surface area contributed by atoms with Gasteiger partial charge in [-0.2, -0.15) is 4.39 Å². The second-order valence-electron chi connectivity index (χ2n) is 9.22. The number of amides is 1. The third-order valence-corrected chi connectivity index (χ3v) is 4.75. The number of hydrogen-bond acceptors (Lipinski definition) is 7. The third kappa shape index (κ3) is 14.4. The van der Waals surface area contributed by atoms with Crippen molar-refractivity contribution in [1.29, 1.82) is 0 Å². The highest BCUT2D eigenvalue weighted by atomic mass is 19.2. The first-order valence-corrected chi connectivity index (χ1v) is 11.9. The topological polar surface area (TPSA) is 92.3 Å². The fourth-order valence-corrected chi connectivity index (χ4v) is 2.70. The number of carbonyl (C=O) groups excluding carboxylic acids is 2. The molecular weight excluding hydrogens is 483 g/mol. The van der Waals surface area contributed by atoms with Crippen LogP contribution in [0.5, 0.6) is 5.75 Å². The van der Waals surface area contributed by atoms with Crippen LogP contribution in [0, 0.1) is 29.8 Å². The van der Waals surface area contributed by atoms with Crippen molar-refractivity contribution in [1.82, 2.24) is 5.32 Å². The molecule has 206 valence electrons. The lowest BCUT2D eigenvalue weighted by atomic mass is 9.92. The van der Waals surface area contributed by atoms with E-state index in [2.05, 4.69) is 30.8 Å². The lowest BCUT2D eigenvalue weighted by molar-refractivity contribution is -0.136. The minimum atomic E-state index is -1.55. The summed E-state index contributed by atoms with van der Waals surface area (Å²) in [5, 5.41) is 2.87. The average Bonchev–Trinajstić information content (AvgIpc) is 2.80. The first kappa shape index (κ1) is 31.8. The van der Waals surface area contributed by atoms with Gasteiger partial charge < -0.3 is 29.0 Å². The van der Waals surface area contributed by atoms with E-state index in [4.69, 9.17) is 18.9 Å². The largest absolute Gasteiger partial charge is 0.420 e. The molecule has 11 heteroatoms. The molecule has 0 heterocycles. The number of benzene rings is 1. The van der Waals surface area contributed by atoms with Gasteiger partial charge in [-0.25, -0.2) is 8.78 Å². The molecule has 0 bridgehead atoms. The molecule has 1 N–H and O–H groups in total. The van der Waals surface area contributed by atoms with E-state index >= 15 is 0 Å². The van der Waals surface area contributed by atoms with Crippen molar-refractivity contribution >= 4 is 11.9 Å². The van der Waals surface area contributed by atoms with Crippen LogP contribution in [0.3, 0.4) is 0 Å². The van der Waals surface area contributed by atoms with Gasteiger partial charge in [-0.15, -0.1) is 0 Å². The van der Waals surface area contributed by atoms with Crippen molar-refractivity contribution in [3.05, 3.63) is 29.1 Å². The van der Waals surface area contributed by atoms with E-state index in [0.717, 1.165) is 6.42 Å². The van der Waals surface area contributed by atoms with Crippen LogP contribution < -0.4 is 10.1 Å². The highest BCUT2D eigenvalue weighted by molar-refractivity contribution is 5.75. The molecule has 1 aromatic carbocycles. The molecule has 1 rings (SSSR count). The van der Waals surface area contributed by atoms with E-state index in [-0.39, 0.29) is 43.1 Å². The number of hydrogen-bond donors (Lipinski definition) is 1. The molecular formula is C25H38F3NO7. The van der Waals surface area contributed by atoms with E-state index in [0.29, 0.717) is 52.1 Å². The van der Waals surface area contributed by atoms with Crippen LogP contribution in [-0.2, 0) is 28.5 Å². The Hall–Kier alpha value is -2.21. The van der Waals surface area contributed by atoms with Gasteiger partial charge in [-0.05, 0) is 30.4 Å². The summed E-state index contributed by atoms with van der Waals surface area (Å²) in [5.41, 5.74) is 0.0126. The second-order valence-corrected chi connectivity index (χ2v) is 9.22. The van der Waals surface area contributed by atoms with E-state index in [9.17, 15) is 22.8 Å². The van der Waals surface area contributed by atoms with Crippen molar-refractivity contribution < 1.29 is 46.4 Å². The number of carbonyl (C=O) groups is 2. The summed E-state index contributed by atoms with van der Waals surface area (Å²) in [6, 6.07) is 0.683. The predicted octanol–water partition coefficient (Wildman–Crippen LogP) is 3.72. The standard InChI is InChI=1S/C25H38F3NO7/c1-18-17-19(26)23(28)24(22(18)27)36-21(31)6-10-33-12-14-35-16-15-34-13-11-32-9-5-20(30)29-8-7-25(2,3)4/h17H,5-16H2,1-4H3,(H,29,30). The van der Waals surface area contributed by atoms with Gasteiger partial charge in [-0.3, -0.25) is 9.59 Å². The fraction of sp³-hybridized carbons (Fsp3) is 0.680. The lowest BCUT2D eigenvalue weighted by Crippen LogP contribution is -2.28. The van der Waals surface area contributed by atoms with Crippen LogP contribution in [0.25, 0.3) is 0 Å².